The van der Waals surface area contributed by atoms with Crippen LogP contribution >= 0.6 is 11.6 Å². The molecule has 2 bridgehead atoms. The molecule has 3 aromatic rings. The lowest BCUT2D eigenvalue weighted by molar-refractivity contribution is -0.129. The highest BCUT2D eigenvalue weighted by molar-refractivity contribution is 6.30. The molecule has 2 unspecified atom stereocenters. The van der Waals surface area contributed by atoms with Crippen molar-refractivity contribution in [3.05, 3.63) is 82.6 Å². The number of methoxy groups -OCH3 is 1. The lowest BCUT2D eigenvalue weighted by Gasteiger charge is -2.35. The van der Waals surface area contributed by atoms with Crippen LogP contribution in [0, 0.1) is 12.8 Å². The fourth-order valence-electron chi connectivity index (χ4n) is 5.53. The van der Waals surface area contributed by atoms with E-state index in [-0.39, 0.29) is 23.8 Å². The smallest absolute Gasteiger partial charge is 0.411 e. The minimum atomic E-state index is -0.597. The molecule has 0 saturated heterocycles. The topological polar surface area (TPSA) is 101 Å². The Kier molecular flexibility index (Phi) is 8.40. The average Bonchev–Trinajstić information content (AvgIpc) is 2.96. The molecule has 2 aliphatic heterocycles. The van der Waals surface area contributed by atoms with E-state index in [1.165, 1.54) is 7.11 Å². The predicted molar refractivity (Wildman–Crippen MR) is 161 cm³/mol. The van der Waals surface area contributed by atoms with Crippen LogP contribution in [0.4, 0.5) is 16.2 Å². The van der Waals surface area contributed by atoms with Crippen LogP contribution in [0.1, 0.15) is 55.5 Å². The number of carbonyl (C=O) groups excluding carboxylic acids is 3. The third kappa shape index (κ3) is 6.28. The first-order chi connectivity index (χ1) is 19.7. The maximum atomic E-state index is 13.6. The number of benzene rings is 2. The molecule has 0 fully saturated rings. The van der Waals surface area contributed by atoms with Crippen LogP contribution in [0.15, 0.2) is 60.8 Å². The summed E-state index contributed by atoms with van der Waals surface area (Å²) in [5.41, 5.74) is 6.57. The number of nitrogens with zero attached hydrogens (tertiary/aromatic N) is 2. The molecule has 9 heteroatoms. The first-order valence-corrected chi connectivity index (χ1v) is 14.1. The van der Waals surface area contributed by atoms with E-state index in [9.17, 15) is 14.4 Å². The summed E-state index contributed by atoms with van der Waals surface area (Å²) >= 11 is 6.26. The molecular weight excluding hydrogens is 540 g/mol. The Morgan fingerprint density at radius 3 is 2.71 bits per heavy atom. The van der Waals surface area contributed by atoms with Crippen LogP contribution < -0.4 is 10.6 Å². The largest absolute Gasteiger partial charge is 0.453 e. The summed E-state index contributed by atoms with van der Waals surface area (Å²) in [6.45, 7) is 4.48. The molecule has 212 valence electrons. The fourth-order valence-corrected chi connectivity index (χ4v) is 5.70. The Balaban J connectivity index is 1.51. The average molecular weight is 573 g/mol. The molecule has 3 amide bonds. The van der Waals surface area contributed by atoms with E-state index in [1.807, 2.05) is 55.1 Å². The number of anilines is 2. The maximum Gasteiger partial charge on any atom is 0.411 e. The van der Waals surface area contributed by atoms with Gasteiger partial charge in [0.1, 0.15) is 0 Å². The SMILES string of the molecule is COC(=O)Nc1ccc2c(c1)NC(=O)C(C)CCCC(N1CCC(c3cc(Cl)ccc3C)=CC1=O)c1cc-2ccn1. The summed E-state index contributed by atoms with van der Waals surface area (Å²) in [5.74, 6) is -0.410. The van der Waals surface area contributed by atoms with E-state index < -0.39 is 6.09 Å². The molecule has 0 radical (unpaired) electrons. The third-order valence-corrected chi connectivity index (χ3v) is 8.06. The van der Waals surface area contributed by atoms with Gasteiger partial charge in [0.2, 0.25) is 11.8 Å². The zero-order valence-corrected chi connectivity index (χ0v) is 24.1. The molecule has 8 nitrogen and oxygen atoms in total. The van der Waals surface area contributed by atoms with Crippen molar-refractivity contribution < 1.29 is 19.1 Å². The van der Waals surface area contributed by atoms with Gasteiger partial charge in [-0.05, 0) is 84.8 Å². The molecule has 0 spiro atoms. The highest BCUT2D eigenvalue weighted by Gasteiger charge is 2.30. The number of nitrogens with one attached hydrogen (secondary N) is 2. The second-order valence-electron chi connectivity index (χ2n) is 10.6. The number of hydrogen-bond donors (Lipinski definition) is 2. The van der Waals surface area contributed by atoms with Crippen LogP contribution in [-0.4, -0.2) is 41.4 Å². The molecule has 2 aromatic carbocycles. The summed E-state index contributed by atoms with van der Waals surface area (Å²) in [5, 5.41) is 6.35. The van der Waals surface area contributed by atoms with Crippen molar-refractivity contribution in [1.82, 2.24) is 9.88 Å². The van der Waals surface area contributed by atoms with Crippen LogP contribution in [0.3, 0.4) is 0 Å². The number of pyridine rings is 1. The van der Waals surface area contributed by atoms with Crippen molar-refractivity contribution in [1.29, 1.82) is 0 Å². The number of ether oxygens (including phenoxy) is 1. The van der Waals surface area contributed by atoms with Gasteiger partial charge in [0.05, 0.1) is 24.5 Å². The number of aromatic nitrogens is 1. The summed E-state index contributed by atoms with van der Waals surface area (Å²) in [4.78, 5) is 45.1. The van der Waals surface area contributed by atoms with Crippen LogP contribution in [0.25, 0.3) is 16.7 Å². The quantitative estimate of drug-likeness (QED) is 0.352. The van der Waals surface area contributed by atoms with Crippen molar-refractivity contribution in [2.45, 2.75) is 45.6 Å². The van der Waals surface area contributed by atoms with E-state index in [4.69, 9.17) is 21.3 Å². The molecule has 2 aliphatic rings. The van der Waals surface area contributed by atoms with Crippen LogP contribution in [-0.2, 0) is 14.3 Å². The van der Waals surface area contributed by atoms with Gasteiger partial charge in [-0.1, -0.05) is 37.1 Å². The van der Waals surface area contributed by atoms with Crippen LogP contribution in [0.2, 0.25) is 5.02 Å². The first-order valence-electron chi connectivity index (χ1n) is 13.8. The van der Waals surface area contributed by atoms with Gasteiger partial charge >= 0.3 is 6.09 Å². The number of fused-ring (bicyclic) bond motifs is 4. The molecule has 2 atom stereocenters. The van der Waals surface area contributed by atoms with Gasteiger partial charge in [-0.15, -0.1) is 0 Å². The minimum absolute atomic E-state index is 0.0559. The maximum absolute atomic E-state index is 13.6. The highest BCUT2D eigenvalue weighted by atomic mass is 35.5. The Bertz CT molecular complexity index is 1540. The summed E-state index contributed by atoms with van der Waals surface area (Å²) in [7, 11) is 1.30. The molecule has 41 heavy (non-hydrogen) atoms. The van der Waals surface area contributed by atoms with E-state index in [0.29, 0.717) is 42.2 Å². The second-order valence-corrected chi connectivity index (χ2v) is 11.0. The molecule has 0 saturated carbocycles. The van der Waals surface area contributed by atoms with Crippen molar-refractivity contribution in [3.8, 4) is 11.1 Å². The number of rotatable bonds is 3. The number of carbonyl (C=O) groups is 3. The van der Waals surface area contributed by atoms with Crippen molar-refractivity contribution >= 4 is 46.5 Å². The van der Waals surface area contributed by atoms with Crippen molar-refractivity contribution in [2.24, 2.45) is 5.92 Å². The summed E-state index contributed by atoms with van der Waals surface area (Å²) in [6.07, 6.45) is 5.67. The van der Waals surface area contributed by atoms with Crippen LogP contribution in [0.5, 0.6) is 0 Å². The fraction of sp³-hybridized carbons (Fsp3) is 0.312. The van der Waals surface area contributed by atoms with Gasteiger partial charge in [-0.3, -0.25) is 19.9 Å². The Labute approximate surface area is 244 Å². The zero-order valence-electron chi connectivity index (χ0n) is 23.4. The normalized spacial score (nSPS) is 19.2. The van der Waals surface area contributed by atoms with E-state index in [2.05, 4.69) is 10.6 Å². The lowest BCUT2D eigenvalue weighted by atomic mass is 9.92. The highest BCUT2D eigenvalue weighted by Crippen LogP contribution is 2.37. The van der Waals surface area contributed by atoms with Gasteiger partial charge in [-0.25, -0.2) is 4.79 Å². The van der Waals surface area contributed by atoms with Gasteiger partial charge in [0.15, 0.2) is 0 Å². The standard InChI is InChI=1S/C32H33ClN4O4/c1-19-7-8-23(33)17-26(19)22-12-14-37(30(38)16-22)29-6-4-5-20(2)31(39)36-27-18-24(35-32(40)41-3)9-10-25(27)21-11-13-34-28(29)15-21/h7-11,13,15-18,20,29H,4-6,12,14H2,1-3H3,(H,35,40)(H,36,39). The van der Waals surface area contributed by atoms with E-state index in [0.717, 1.165) is 39.9 Å². The second kappa shape index (κ2) is 12.1. The first kappa shape index (κ1) is 28.4. The van der Waals surface area contributed by atoms with Gasteiger partial charge in [-0.2, -0.15) is 0 Å². The van der Waals surface area contributed by atoms with Crippen molar-refractivity contribution in [2.75, 3.05) is 24.3 Å². The van der Waals surface area contributed by atoms with Gasteiger partial charge in [0, 0.05) is 41.0 Å². The minimum Gasteiger partial charge on any atom is -0.453 e. The van der Waals surface area contributed by atoms with E-state index in [1.54, 1.807) is 24.4 Å². The molecule has 5 rings (SSSR count). The Morgan fingerprint density at radius 2 is 1.93 bits per heavy atom. The number of hydrogen-bond acceptors (Lipinski definition) is 5. The number of halogens is 1. The Hall–Kier alpha value is -4.17. The summed E-state index contributed by atoms with van der Waals surface area (Å²) < 4.78 is 4.72. The van der Waals surface area contributed by atoms with Crippen molar-refractivity contribution in [3.63, 3.8) is 0 Å². The molecule has 2 N–H and O–H groups in total. The molecule has 1 aromatic heterocycles. The Morgan fingerprint density at radius 1 is 1.10 bits per heavy atom. The van der Waals surface area contributed by atoms with Gasteiger partial charge < -0.3 is 15.0 Å². The monoisotopic (exact) mass is 572 g/mol. The predicted octanol–water partition coefficient (Wildman–Crippen LogP) is 7.00. The molecule has 0 aliphatic carbocycles. The number of aryl methyl sites for hydroxylation is 1. The number of amides is 3. The molecular formula is C32H33ClN4O4. The van der Waals surface area contributed by atoms with E-state index >= 15 is 0 Å². The molecule has 3 heterocycles. The van der Waals surface area contributed by atoms with Gasteiger partial charge in [0.25, 0.3) is 0 Å². The summed E-state index contributed by atoms with van der Waals surface area (Å²) in [6, 6.07) is 14.7. The third-order valence-electron chi connectivity index (χ3n) is 7.83. The lowest BCUT2D eigenvalue weighted by Crippen LogP contribution is -2.38. The zero-order chi connectivity index (χ0) is 29.1.